The van der Waals surface area contributed by atoms with Gasteiger partial charge >= 0.3 is 0 Å². The fourth-order valence-corrected chi connectivity index (χ4v) is 2.76. The molecule has 1 atom stereocenters. The van der Waals surface area contributed by atoms with Crippen molar-refractivity contribution in [3.05, 3.63) is 48.0 Å². The van der Waals surface area contributed by atoms with Gasteiger partial charge in [0.15, 0.2) is 6.61 Å². The number of hydrogen-bond donors (Lipinski definition) is 1. The van der Waals surface area contributed by atoms with Gasteiger partial charge in [-0.15, -0.1) is 0 Å². The number of carbonyl (C=O) groups excluding carboxylic acids is 1. The average molecular weight is 299 g/mol. The first-order valence-corrected chi connectivity index (χ1v) is 7.75. The molecule has 0 aliphatic carbocycles. The van der Waals surface area contributed by atoms with Gasteiger partial charge in [-0.1, -0.05) is 19.1 Å². The minimum Gasteiger partial charge on any atom is -0.484 e. The van der Waals surface area contributed by atoms with Gasteiger partial charge in [-0.25, -0.2) is 4.98 Å². The first-order valence-electron chi connectivity index (χ1n) is 7.75. The van der Waals surface area contributed by atoms with Crippen molar-refractivity contribution in [2.24, 2.45) is 0 Å². The molecule has 1 aliphatic heterocycles. The van der Waals surface area contributed by atoms with Crippen LogP contribution < -0.4 is 10.1 Å². The molecular weight excluding hydrogens is 278 g/mol. The molecule has 0 fully saturated rings. The number of imidazole rings is 1. The van der Waals surface area contributed by atoms with E-state index >= 15 is 0 Å². The summed E-state index contributed by atoms with van der Waals surface area (Å²) in [6.07, 6.45) is 6.55. The number of hydrogen-bond acceptors (Lipinski definition) is 3. The third-order valence-electron chi connectivity index (χ3n) is 3.98. The van der Waals surface area contributed by atoms with E-state index in [0.29, 0.717) is 0 Å². The van der Waals surface area contributed by atoms with Gasteiger partial charge in [-0.05, 0) is 30.5 Å². The molecular formula is C17H21N3O2. The molecule has 0 radical (unpaired) electrons. The molecule has 22 heavy (non-hydrogen) atoms. The van der Waals surface area contributed by atoms with Crippen LogP contribution >= 0.6 is 0 Å². The molecule has 1 amide bonds. The van der Waals surface area contributed by atoms with E-state index in [1.807, 2.05) is 30.6 Å². The topological polar surface area (TPSA) is 56.1 Å². The minimum absolute atomic E-state index is 0.0560. The Kier molecular flexibility index (Phi) is 4.42. The monoisotopic (exact) mass is 299 g/mol. The van der Waals surface area contributed by atoms with Crippen LogP contribution in [0.3, 0.4) is 0 Å². The number of ether oxygens (including phenoxy) is 1. The summed E-state index contributed by atoms with van der Waals surface area (Å²) in [6.45, 7) is 2.94. The molecule has 0 bridgehead atoms. The fourth-order valence-electron chi connectivity index (χ4n) is 2.76. The Morgan fingerprint density at radius 3 is 3.27 bits per heavy atom. The van der Waals surface area contributed by atoms with Crippen molar-refractivity contribution in [1.29, 1.82) is 0 Å². The van der Waals surface area contributed by atoms with Crippen LogP contribution in [0.1, 0.15) is 24.7 Å². The van der Waals surface area contributed by atoms with Crippen LogP contribution in [0.2, 0.25) is 0 Å². The summed E-state index contributed by atoms with van der Waals surface area (Å²) in [4.78, 5) is 16.3. The number of aryl methyl sites for hydroxylation is 2. The third kappa shape index (κ3) is 3.47. The number of nitrogens with zero attached hydrogens (tertiary/aromatic N) is 2. The molecule has 116 valence electrons. The zero-order chi connectivity index (χ0) is 15.4. The van der Waals surface area contributed by atoms with Crippen molar-refractivity contribution in [2.45, 2.75) is 38.8 Å². The second-order valence-electron chi connectivity index (χ2n) is 5.59. The van der Waals surface area contributed by atoms with Crippen molar-refractivity contribution in [2.75, 3.05) is 6.61 Å². The summed E-state index contributed by atoms with van der Waals surface area (Å²) in [5.74, 6) is 1.77. The van der Waals surface area contributed by atoms with Crippen molar-refractivity contribution >= 4 is 5.91 Å². The Labute approximate surface area is 130 Å². The van der Waals surface area contributed by atoms with Crippen molar-refractivity contribution < 1.29 is 9.53 Å². The predicted octanol–water partition coefficient (Wildman–Crippen LogP) is 1.96. The lowest BCUT2D eigenvalue weighted by Crippen LogP contribution is -2.42. The lowest BCUT2D eigenvalue weighted by atomic mass is 10.1. The number of fused-ring (bicyclic) bond motifs is 1. The quantitative estimate of drug-likeness (QED) is 0.918. The molecule has 0 saturated heterocycles. The van der Waals surface area contributed by atoms with Gasteiger partial charge in [-0.3, -0.25) is 4.79 Å². The van der Waals surface area contributed by atoms with E-state index in [-0.39, 0.29) is 18.6 Å². The molecule has 1 N–H and O–H groups in total. The Hall–Kier alpha value is -2.30. The fraction of sp³-hybridized carbons (Fsp3) is 0.412. The van der Waals surface area contributed by atoms with Gasteiger partial charge in [0, 0.05) is 31.4 Å². The van der Waals surface area contributed by atoms with E-state index in [9.17, 15) is 4.79 Å². The highest BCUT2D eigenvalue weighted by atomic mass is 16.5. The number of rotatable bonds is 5. The highest BCUT2D eigenvalue weighted by Gasteiger charge is 2.20. The smallest absolute Gasteiger partial charge is 0.258 e. The zero-order valence-electron chi connectivity index (χ0n) is 12.8. The normalized spacial score (nSPS) is 16.9. The van der Waals surface area contributed by atoms with Gasteiger partial charge in [-0.2, -0.15) is 0 Å². The second-order valence-corrected chi connectivity index (χ2v) is 5.59. The lowest BCUT2D eigenvalue weighted by molar-refractivity contribution is -0.124. The van der Waals surface area contributed by atoms with E-state index in [0.717, 1.165) is 37.4 Å². The van der Waals surface area contributed by atoms with Gasteiger partial charge in [0.25, 0.3) is 5.91 Å². The molecule has 2 aromatic rings. The molecule has 0 saturated carbocycles. The van der Waals surface area contributed by atoms with Crippen LogP contribution in [-0.4, -0.2) is 28.1 Å². The van der Waals surface area contributed by atoms with Crippen LogP contribution in [0.25, 0.3) is 0 Å². The van der Waals surface area contributed by atoms with Crippen LogP contribution in [0, 0.1) is 0 Å². The number of nitrogens with one attached hydrogen (secondary N) is 1. The Balaban J connectivity index is 1.49. The van der Waals surface area contributed by atoms with Crippen LogP contribution in [0.5, 0.6) is 5.75 Å². The van der Waals surface area contributed by atoms with Gasteiger partial charge < -0.3 is 14.6 Å². The summed E-state index contributed by atoms with van der Waals surface area (Å²) in [5.41, 5.74) is 1.21. The summed E-state index contributed by atoms with van der Waals surface area (Å²) >= 11 is 0. The van der Waals surface area contributed by atoms with Crippen molar-refractivity contribution in [1.82, 2.24) is 14.9 Å². The zero-order valence-corrected chi connectivity index (χ0v) is 12.8. The summed E-state index contributed by atoms with van der Waals surface area (Å²) in [7, 11) is 0. The van der Waals surface area contributed by atoms with Crippen molar-refractivity contribution in [3.63, 3.8) is 0 Å². The SMILES string of the molecule is CCc1cccc(OCC(=O)NC2CCc3nccn3C2)c1. The van der Waals surface area contributed by atoms with Crippen molar-refractivity contribution in [3.8, 4) is 5.75 Å². The molecule has 3 rings (SSSR count). The molecule has 5 heteroatoms. The van der Waals surface area contributed by atoms with Crippen LogP contribution in [0.4, 0.5) is 0 Å². The maximum absolute atomic E-state index is 12.0. The first kappa shape index (κ1) is 14.6. The van der Waals surface area contributed by atoms with E-state index in [1.54, 1.807) is 0 Å². The summed E-state index contributed by atoms with van der Waals surface area (Å²) < 4.78 is 7.67. The first-order chi connectivity index (χ1) is 10.7. The molecule has 1 aliphatic rings. The highest BCUT2D eigenvalue weighted by Crippen LogP contribution is 2.14. The van der Waals surface area contributed by atoms with Crippen LogP contribution in [-0.2, 0) is 24.2 Å². The number of benzene rings is 1. The molecule has 5 nitrogen and oxygen atoms in total. The Bertz CT molecular complexity index is 651. The molecule has 2 heterocycles. The highest BCUT2D eigenvalue weighted by molar-refractivity contribution is 5.77. The average Bonchev–Trinajstić information content (AvgIpc) is 3.01. The molecule has 0 spiro atoms. The summed E-state index contributed by atoms with van der Waals surface area (Å²) in [5, 5.41) is 3.04. The summed E-state index contributed by atoms with van der Waals surface area (Å²) in [6, 6.07) is 8.02. The minimum atomic E-state index is -0.0736. The number of aromatic nitrogens is 2. The predicted molar refractivity (Wildman–Crippen MR) is 83.8 cm³/mol. The molecule has 1 aromatic heterocycles. The van der Waals surface area contributed by atoms with E-state index in [4.69, 9.17) is 4.74 Å². The number of carbonyl (C=O) groups is 1. The van der Waals surface area contributed by atoms with E-state index in [2.05, 4.69) is 27.9 Å². The van der Waals surface area contributed by atoms with E-state index < -0.39 is 0 Å². The standard InChI is InChI=1S/C17H21N3O2/c1-2-13-4-3-5-15(10-13)22-12-17(21)19-14-6-7-16-18-8-9-20(16)11-14/h3-5,8-10,14H,2,6-7,11-12H2,1H3,(H,19,21). The van der Waals surface area contributed by atoms with Gasteiger partial charge in [0.2, 0.25) is 0 Å². The molecule has 1 aromatic carbocycles. The van der Waals surface area contributed by atoms with Crippen LogP contribution in [0.15, 0.2) is 36.7 Å². The van der Waals surface area contributed by atoms with Gasteiger partial charge in [0.05, 0.1) is 0 Å². The number of amides is 1. The maximum Gasteiger partial charge on any atom is 0.258 e. The third-order valence-corrected chi connectivity index (χ3v) is 3.98. The second kappa shape index (κ2) is 6.64. The lowest BCUT2D eigenvalue weighted by Gasteiger charge is -2.24. The van der Waals surface area contributed by atoms with Gasteiger partial charge in [0.1, 0.15) is 11.6 Å². The molecule has 1 unspecified atom stereocenters. The van der Waals surface area contributed by atoms with E-state index in [1.165, 1.54) is 5.56 Å². The maximum atomic E-state index is 12.0. The Morgan fingerprint density at radius 2 is 2.41 bits per heavy atom. The Morgan fingerprint density at radius 1 is 1.50 bits per heavy atom. The largest absolute Gasteiger partial charge is 0.484 e.